The molecule has 0 fully saturated rings. The van der Waals surface area contributed by atoms with Gasteiger partial charge < -0.3 is 19.9 Å². The topological polar surface area (TPSA) is 50.7 Å². The number of ether oxygens (including phenoxy) is 2. The molecule has 0 aromatic carbocycles. The maximum atomic E-state index is 9.31. The third-order valence-electron chi connectivity index (χ3n) is 1.52. The smallest absolute Gasteiger partial charge is 0.0897 e. The highest BCUT2D eigenvalue weighted by Gasteiger charge is 2.01. The molecule has 0 aliphatic carbocycles. The van der Waals surface area contributed by atoms with Crippen LogP contribution in [-0.2, 0) is 9.47 Å². The van der Waals surface area contributed by atoms with E-state index in [0.717, 1.165) is 6.54 Å². The van der Waals surface area contributed by atoms with Gasteiger partial charge in [-0.15, -0.1) is 0 Å². The van der Waals surface area contributed by atoms with Crippen LogP contribution in [-0.4, -0.2) is 50.7 Å². The molecule has 0 saturated heterocycles. The number of hydrogen-bond donors (Lipinski definition) is 2. The van der Waals surface area contributed by atoms with E-state index < -0.39 is 6.10 Å². The van der Waals surface area contributed by atoms with Crippen LogP contribution in [0.25, 0.3) is 0 Å². The average Bonchev–Trinajstić information content (AvgIpc) is 2.14. The molecule has 0 amide bonds. The summed E-state index contributed by atoms with van der Waals surface area (Å²) in [5.41, 5.74) is 0. The first-order chi connectivity index (χ1) is 6.31. The van der Waals surface area contributed by atoms with E-state index in [1.54, 1.807) is 0 Å². The molecule has 0 aromatic heterocycles. The summed E-state index contributed by atoms with van der Waals surface area (Å²) in [6, 6.07) is 0. The van der Waals surface area contributed by atoms with Crippen molar-refractivity contribution in [1.82, 2.24) is 5.32 Å². The number of nitrogens with one attached hydrogen (secondary N) is 1. The summed E-state index contributed by atoms with van der Waals surface area (Å²) >= 11 is 0. The molecule has 0 radical (unpaired) electrons. The van der Waals surface area contributed by atoms with Crippen LogP contribution in [0.15, 0.2) is 0 Å². The van der Waals surface area contributed by atoms with E-state index in [9.17, 15) is 5.11 Å². The van der Waals surface area contributed by atoms with Gasteiger partial charge in [-0.25, -0.2) is 0 Å². The Labute approximate surface area is 80.2 Å². The predicted octanol–water partition coefficient (Wildman–Crippen LogP) is 0.00990. The van der Waals surface area contributed by atoms with Crippen molar-refractivity contribution in [1.29, 1.82) is 0 Å². The Balaban J connectivity index is 3.03. The zero-order valence-corrected chi connectivity index (χ0v) is 8.58. The van der Waals surface area contributed by atoms with Gasteiger partial charge in [-0.2, -0.15) is 0 Å². The summed E-state index contributed by atoms with van der Waals surface area (Å²) in [5, 5.41) is 12.3. The molecular weight excluding hydrogens is 170 g/mol. The van der Waals surface area contributed by atoms with Crippen molar-refractivity contribution in [3.8, 4) is 0 Å². The molecule has 0 aliphatic heterocycles. The van der Waals surface area contributed by atoms with Crippen LogP contribution in [0.2, 0.25) is 0 Å². The summed E-state index contributed by atoms with van der Waals surface area (Å²) in [6.07, 6.45) is -0.415. The maximum absolute atomic E-state index is 9.31. The molecule has 0 spiro atoms. The molecule has 1 unspecified atom stereocenters. The van der Waals surface area contributed by atoms with E-state index >= 15 is 0 Å². The van der Waals surface area contributed by atoms with E-state index in [4.69, 9.17) is 9.47 Å². The first-order valence-corrected chi connectivity index (χ1v) is 4.85. The molecule has 0 aromatic rings. The van der Waals surface area contributed by atoms with Crippen molar-refractivity contribution < 1.29 is 14.6 Å². The van der Waals surface area contributed by atoms with Gasteiger partial charge in [0.05, 0.1) is 25.9 Å². The standard InChI is InChI=1S/C9H21NO3/c1-3-10-7-9(11)8-13-6-5-12-4-2/h9-11H,3-8H2,1-2H3. The number of rotatable bonds is 9. The normalized spacial score (nSPS) is 13.2. The van der Waals surface area contributed by atoms with Gasteiger partial charge in [0, 0.05) is 13.2 Å². The molecule has 80 valence electrons. The second kappa shape index (κ2) is 9.92. The third kappa shape index (κ3) is 9.76. The lowest BCUT2D eigenvalue weighted by molar-refractivity contribution is 0.00667. The van der Waals surface area contributed by atoms with Gasteiger partial charge in [0.25, 0.3) is 0 Å². The average molecular weight is 191 g/mol. The lowest BCUT2D eigenvalue weighted by Gasteiger charge is -2.11. The van der Waals surface area contributed by atoms with Gasteiger partial charge in [-0.3, -0.25) is 0 Å². The van der Waals surface area contributed by atoms with Crippen molar-refractivity contribution in [2.75, 3.05) is 39.5 Å². The Morgan fingerprint density at radius 3 is 2.54 bits per heavy atom. The van der Waals surface area contributed by atoms with Crippen LogP contribution < -0.4 is 5.32 Å². The summed E-state index contributed by atoms with van der Waals surface area (Å²) in [5.74, 6) is 0. The van der Waals surface area contributed by atoms with E-state index in [-0.39, 0.29) is 0 Å². The number of aliphatic hydroxyl groups excluding tert-OH is 1. The Morgan fingerprint density at radius 2 is 1.92 bits per heavy atom. The van der Waals surface area contributed by atoms with Crippen molar-refractivity contribution in [2.45, 2.75) is 20.0 Å². The fraction of sp³-hybridized carbons (Fsp3) is 1.00. The molecule has 4 heteroatoms. The number of hydrogen-bond acceptors (Lipinski definition) is 4. The Morgan fingerprint density at radius 1 is 1.23 bits per heavy atom. The quantitative estimate of drug-likeness (QED) is 0.504. The van der Waals surface area contributed by atoms with Crippen LogP contribution >= 0.6 is 0 Å². The van der Waals surface area contributed by atoms with Crippen LogP contribution in [0.3, 0.4) is 0 Å². The van der Waals surface area contributed by atoms with E-state index in [0.29, 0.717) is 33.0 Å². The molecule has 2 N–H and O–H groups in total. The molecule has 1 atom stereocenters. The second-order valence-corrected chi connectivity index (χ2v) is 2.73. The summed E-state index contributed by atoms with van der Waals surface area (Å²) in [6.45, 7) is 7.65. The third-order valence-corrected chi connectivity index (χ3v) is 1.52. The molecule has 0 rings (SSSR count). The van der Waals surface area contributed by atoms with Crippen LogP contribution in [0.1, 0.15) is 13.8 Å². The summed E-state index contributed by atoms with van der Waals surface area (Å²) in [7, 11) is 0. The molecular formula is C9H21NO3. The van der Waals surface area contributed by atoms with Gasteiger partial charge in [0.15, 0.2) is 0 Å². The van der Waals surface area contributed by atoms with Crippen LogP contribution in [0.5, 0.6) is 0 Å². The first-order valence-electron chi connectivity index (χ1n) is 4.85. The first kappa shape index (κ1) is 12.8. The fourth-order valence-electron chi connectivity index (χ4n) is 0.851. The SMILES string of the molecule is CCNCC(O)COCCOCC. The minimum Gasteiger partial charge on any atom is -0.389 e. The Hall–Kier alpha value is -0.160. The lowest BCUT2D eigenvalue weighted by atomic mass is 10.4. The van der Waals surface area contributed by atoms with Gasteiger partial charge in [0.1, 0.15) is 0 Å². The van der Waals surface area contributed by atoms with Gasteiger partial charge in [0.2, 0.25) is 0 Å². The largest absolute Gasteiger partial charge is 0.389 e. The molecule has 0 bridgehead atoms. The lowest BCUT2D eigenvalue weighted by Crippen LogP contribution is -2.30. The highest BCUT2D eigenvalue weighted by Crippen LogP contribution is 1.84. The Bertz CT molecular complexity index is 101. The van der Waals surface area contributed by atoms with Gasteiger partial charge >= 0.3 is 0 Å². The highest BCUT2D eigenvalue weighted by atomic mass is 16.5. The van der Waals surface area contributed by atoms with E-state index in [2.05, 4.69) is 5.32 Å². The van der Waals surface area contributed by atoms with Crippen molar-refractivity contribution in [3.05, 3.63) is 0 Å². The van der Waals surface area contributed by atoms with Crippen LogP contribution in [0, 0.1) is 0 Å². The summed E-state index contributed by atoms with van der Waals surface area (Å²) < 4.78 is 10.3. The Kier molecular flexibility index (Phi) is 9.80. The van der Waals surface area contributed by atoms with Crippen LogP contribution in [0.4, 0.5) is 0 Å². The number of aliphatic hydroxyl groups is 1. The van der Waals surface area contributed by atoms with Crippen molar-refractivity contribution in [3.63, 3.8) is 0 Å². The fourth-order valence-corrected chi connectivity index (χ4v) is 0.851. The zero-order valence-electron chi connectivity index (χ0n) is 8.58. The molecule has 0 aliphatic rings. The predicted molar refractivity (Wildman–Crippen MR) is 51.9 cm³/mol. The maximum Gasteiger partial charge on any atom is 0.0897 e. The van der Waals surface area contributed by atoms with E-state index in [1.807, 2.05) is 13.8 Å². The molecule has 0 heterocycles. The second-order valence-electron chi connectivity index (χ2n) is 2.73. The highest BCUT2D eigenvalue weighted by molar-refractivity contribution is 4.56. The molecule has 0 saturated carbocycles. The van der Waals surface area contributed by atoms with E-state index in [1.165, 1.54) is 0 Å². The monoisotopic (exact) mass is 191 g/mol. The number of likely N-dealkylation sites (N-methyl/N-ethyl adjacent to an activating group) is 1. The minimum absolute atomic E-state index is 0.375. The molecule has 4 nitrogen and oxygen atoms in total. The van der Waals surface area contributed by atoms with Crippen molar-refractivity contribution >= 4 is 0 Å². The van der Waals surface area contributed by atoms with Crippen molar-refractivity contribution in [2.24, 2.45) is 0 Å². The summed E-state index contributed by atoms with van der Waals surface area (Å²) in [4.78, 5) is 0. The molecule has 13 heavy (non-hydrogen) atoms. The van der Waals surface area contributed by atoms with Gasteiger partial charge in [-0.1, -0.05) is 6.92 Å². The minimum atomic E-state index is -0.415. The van der Waals surface area contributed by atoms with Gasteiger partial charge in [-0.05, 0) is 13.5 Å². The zero-order chi connectivity index (χ0) is 9.94.